The highest BCUT2D eigenvalue weighted by molar-refractivity contribution is 5.84. The lowest BCUT2D eigenvalue weighted by Gasteiger charge is -2.32. The highest BCUT2D eigenvalue weighted by atomic mass is 16.2. The average molecular weight is 281 g/mol. The summed E-state index contributed by atoms with van der Waals surface area (Å²) in [4.78, 5) is 26.4. The number of nitrogens with zero attached hydrogens (tertiary/aromatic N) is 1. The van der Waals surface area contributed by atoms with Crippen LogP contribution in [0.25, 0.3) is 0 Å². The van der Waals surface area contributed by atoms with E-state index in [0.717, 1.165) is 32.2 Å². The van der Waals surface area contributed by atoms with Crippen LogP contribution in [0, 0.1) is 17.3 Å². The van der Waals surface area contributed by atoms with Crippen molar-refractivity contribution in [1.82, 2.24) is 10.2 Å². The quantitative estimate of drug-likeness (QED) is 0.780. The molecule has 20 heavy (non-hydrogen) atoms. The molecule has 1 aliphatic carbocycles. The third kappa shape index (κ3) is 3.14. The van der Waals surface area contributed by atoms with E-state index in [2.05, 4.69) is 19.2 Å². The van der Waals surface area contributed by atoms with Crippen molar-refractivity contribution in [1.29, 1.82) is 0 Å². The topological polar surface area (TPSA) is 75.4 Å². The van der Waals surface area contributed by atoms with Crippen LogP contribution in [0.3, 0.4) is 0 Å². The van der Waals surface area contributed by atoms with E-state index in [1.807, 2.05) is 4.90 Å². The standard InChI is InChI=1S/C15H27N3O2/c1-3-15(2)9-12(15)14(20)18-8-4-5-11(10-18)13(19)17-7-6-16/h11-12H,3-10,16H2,1-2H3,(H,17,19). The van der Waals surface area contributed by atoms with E-state index < -0.39 is 0 Å². The van der Waals surface area contributed by atoms with Gasteiger partial charge < -0.3 is 16.0 Å². The van der Waals surface area contributed by atoms with Crippen molar-refractivity contribution in [3.05, 3.63) is 0 Å². The van der Waals surface area contributed by atoms with Crippen LogP contribution in [0.1, 0.15) is 39.5 Å². The Morgan fingerprint density at radius 3 is 2.80 bits per heavy atom. The van der Waals surface area contributed by atoms with E-state index in [1.54, 1.807) is 0 Å². The Kier molecular flexibility index (Phi) is 4.68. The molecule has 5 heteroatoms. The van der Waals surface area contributed by atoms with Crippen molar-refractivity contribution >= 4 is 11.8 Å². The molecule has 0 radical (unpaired) electrons. The summed E-state index contributed by atoms with van der Waals surface area (Å²) in [5.74, 6) is 0.414. The molecule has 0 aromatic rings. The number of likely N-dealkylation sites (tertiary alicyclic amines) is 1. The van der Waals surface area contributed by atoms with Gasteiger partial charge in [-0.25, -0.2) is 0 Å². The molecule has 0 spiro atoms. The zero-order valence-electron chi connectivity index (χ0n) is 12.7. The second-order valence-corrected chi connectivity index (χ2v) is 6.47. The molecule has 3 atom stereocenters. The van der Waals surface area contributed by atoms with Gasteiger partial charge in [0.1, 0.15) is 0 Å². The van der Waals surface area contributed by atoms with E-state index in [1.165, 1.54) is 0 Å². The summed E-state index contributed by atoms with van der Waals surface area (Å²) in [5, 5.41) is 2.83. The Morgan fingerprint density at radius 1 is 1.45 bits per heavy atom. The summed E-state index contributed by atoms with van der Waals surface area (Å²) >= 11 is 0. The van der Waals surface area contributed by atoms with Crippen LogP contribution in [0.15, 0.2) is 0 Å². The molecule has 1 saturated carbocycles. The molecule has 2 aliphatic rings. The minimum absolute atomic E-state index is 0.0435. The molecule has 0 bridgehead atoms. The second kappa shape index (κ2) is 6.12. The molecule has 5 nitrogen and oxygen atoms in total. The largest absolute Gasteiger partial charge is 0.355 e. The Labute approximate surface area is 121 Å². The first-order chi connectivity index (χ1) is 9.51. The van der Waals surface area contributed by atoms with E-state index in [-0.39, 0.29) is 29.1 Å². The summed E-state index contributed by atoms with van der Waals surface area (Å²) in [7, 11) is 0. The van der Waals surface area contributed by atoms with Crippen LogP contribution >= 0.6 is 0 Å². The van der Waals surface area contributed by atoms with Crippen LogP contribution in [-0.2, 0) is 9.59 Å². The van der Waals surface area contributed by atoms with Gasteiger partial charge in [-0.1, -0.05) is 13.8 Å². The van der Waals surface area contributed by atoms with Gasteiger partial charge in [-0.2, -0.15) is 0 Å². The first kappa shape index (κ1) is 15.3. The minimum Gasteiger partial charge on any atom is -0.355 e. The number of piperidine rings is 1. The zero-order valence-corrected chi connectivity index (χ0v) is 12.7. The number of nitrogens with two attached hydrogens (primary N) is 1. The molecule has 3 N–H and O–H groups in total. The number of rotatable bonds is 5. The SMILES string of the molecule is CCC1(C)CC1C(=O)N1CCCC(C(=O)NCCN)C1. The fourth-order valence-corrected chi connectivity index (χ4v) is 3.13. The second-order valence-electron chi connectivity index (χ2n) is 6.47. The average Bonchev–Trinajstić information content (AvgIpc) is 3.17. The Balaban J connectivity index is 1.87. The van der Waals surface area contributed by atoms with Crippen molar-refractivity contribution < 1.29 is 9.59 Å². The molecular formula is C15H27N3O2. The van der Waals surface area contributed by atoms with Crippen LogP contribution in [0.4, 0.5) is 0 Å². The normalized spacial score (nSPS) is 32.9. The van der Waals surface area contributed by atoms with Gasteiger partial charge in [0.05, 0.1) is 5.92 Å². The molecule has 1 saturated heterocycles. The molecule has 0 aromatic heterocycles. The van der Waals surface area contributed by atoms with Gasteiger partial charge in [0.2, 0.25) is 11.8 Å². The number of hydrogen-bond acceptors (Lipinski definition) is 3. The van der Waals surface area contributed by atoms with Crippen molar-refractivity contribution in [3.63, 3.8) is 0 Å². The fourth-order valence-electron chi connectivity index (χ4n) is 3.13. The van der Waals surface area contributed by atoms with E-state index in [9.17, 15) is 9.59 Å². The van der Waals surface area contributed by atoms with Gasteiger partial charge in [-0.3, -0.25) is 9.59 Å². The third-order valence-corrected chi connectivity index (χ3v) is 5.00. The first-order valence-electron chi connectivity index (χ1n) is 7.78. The maximum absolute atomic E-state index is 12.5. The van der Waals surface area contributed by atoms with Gasteiger partial charge >= 0.3 is 0 Å². The number of carbonyl (C=O) groups is 2. The first-order valence-corrected chi connectivity index (χ1v) is 7.78. The minimum atomic E-state index is -0.0640. The number of carbonyl (C=O) groups excluding carboxylic acids is 2. The summed E-state index contributed by atoms with van der Waals surface area (Å²) in [6.45, 7) is 6.68. The number of nitrogens with one attached hydrogen (secondary N) is 1. The van der Waals surface area contributed by atoms with Crippen LogP contribution in [0.2, 0.25) is 0 Å². The monoisotopic (exact) mass is 281 g/mol. The molecule has 1 heterocycles. The van der Waals surface area contributed by atoms with Gasteiger partial charge in [0, 0.05) is 32.1 Å². The van der Waals surface area contributed by atoms with Gasteiger partial charge in [-0.15, -0.1) is 0 Å². The summed E-state index contributed by atoms with van der Waals surface area (Å²) in [6.07, 6.45) is 3.85. The summed E-state index contributed by atoms with van der Waals surface area (Å²) in [6, 6.07) is 0. The maximum Gasteiger partial charge on any atom is 0.226 e. The van der Waals surface area contributed by atoms with Crippen molar-refractivity contribution in [2.45, 2.75) is 39.5 Å². The predicted molar refractivity (Wildman–Crippen MR) is 77.9 cm³/mol. The smallest absolute Gasteiger partial charge is 0.226 e. The Bertz CT molecular complexity index is 385. The molecule has 114 valence electrons. The molecular weight excluding hydrogens is 254 g/mol. The molecule has 2 rings (SSSR count). The summed E-state index contributed by atoms with van der Waals surface area (Å²) in [5.41, 5.74) is 5.60. The van der Waals surface area contributed by atoms with E-state index in [0.29, 0.717) is 19.6 Å². The highest BCUT2D eigenvalue weighted by Crippen LogP contribution is 2.55. The van der Waals surface area contributed by atoms with E-state index >= 15 is 0 Å². The molecule has 3 unspecified atom stereocenters. The van der Waals surface area contributed by atoms with E-state index in [4.69, 9.17) is 5.73 Å². The lowest BCUT2D eigenvalue weighted by atomic mass is 9.95. The van der Waals surface area contributed by atoms with Crippen molar-refractivity contribution in [3.8, 4) is 0 Å². The summed E-state index contributed by atoms with van der Waals surface area (Å²) < 4.78 is 0. The van der Waals surface area contributed by atoms with Crippen molar-refractivity contribution in [2.75, 3.05) is 26.2 Å². The van der Waals surface area contributed by atoms with Gasteiger partial charge in [-0.05, 0) is 31.1 Å². The Morgan fingerprint density at radius 2 is 2.20 bits per heavy atom. The predicted octanol–water partition coefficient (Wildman–Crippen LogP) is 0.736. The highest BCUT2D eigenvalue weighted by Gasteiger charge is 2.54. The Hall–Kier alpha value is -1.10. The molecule has 2 amide bonds. The third-order valence-electron chi connectivity index (χ3n) is 5.00. The van der Waals surface area contributed by atoms with Gasteiger partial charge in [0.25, 0.3) is 0 Å². The van der Waals surface area contributed by atoms with Crippen LogP contribution < -0.4 is 11.1 Å². The molecule has 2 fully saturated rings. The zero-order chi connectivity index (χ0) is 14.8. The lowest BCUT2D eigenvalue weighted by Crippen LogP contribution is -2.47. The van der Waals surface area contributed by atoms with Gasteiger partial charge in [0.15, 0.2) is 0 Å². The molecule has 1 aliphatic heterocycles. The van der Waals surface area contributed by atoms with Crippen molar-refractivity contribution in [2.24, 2.45) is 23.0 Å². The lowest BCUT2D eigenvalue weighted by molar-refractivity contribution is -0.137. The number of hydrogen-bond donors (Lipinski definition) is 2. The number of amides is 2. The fraction of sp³-hybridized carbons (Fsp3) is 0.867. The van der Waals surface area contributed by atoms with Crippen LogP contribution in [-0.4, -0.2) is 42.9 Å². The molecule has 0 aromatic carbocycles. The maximum atomic E-state index is 12.5. The van der Waals surface area contributed by atoms with Crippen LogP contribution in [0.5, 0.6) is 0 Å².